The number of halogens is 2. The lowest BCUT2D eigenvalue weighted by Crippen LogP contribution is -2.28. The van der Waals surface area contributed by atoms with Crippen LogP contribution in [-0.2, 0) is 34.8 Å². The fraction of sp³-hybridized carbons (Fsp3) is 0.412. The van der Waals surface area contributed by atoms with Gasteiger partial charge in [-0.25, -0.2) is 22.5 Å². The quantitative estimate of drug-likeness (QED) is 0.638. The predicted octanol–water partition coefficient (Wildman–Crippen LogP) is 1.24. The van der Waals surface area contributed by atoms with E-state index >= 15 is 0 Å². The molecule has 3 N–H and O–H groups in total. The molecule has 28 heavy (non-hydrogen) atoms. The number of aromatic nitrogens is 2. The first kappa shape index (κ1) is 22.3. The third kappa shape index (κ3) is 4.88. The minimum Gasteiger partial charge on any atom is -0.337 e. The molecule has 0 aliphatic carbocycles. The van der Waals surface area contributed by atoms with Crippen LogP contribution in [0.15, 0.2) is 23.4 Å². The molecule has 1 aromatic heterocycles. The highest BCUT2D eigenvalue weighted by molar-refractivity contribution is 7.89. The number of rotatable bonds is 6. The van der Waals surface area contributed by atoms with Crippen molar-refractivity contribution in [1.82, 2.24) is 19.6 Å². The maximum atomic E-state index is 14.5. The first-order chi connectivity index (χ1) is 12.8. The summed E-state index contributed by atoms with van der Waals surface area (Å²) in [6.07, 6.45) is 1.84. The van der Waals surface area contributed by atoms with Gasteiger partial charge in [0.15, 0.2) is 5.03 Å². The molecule has 1 aliphatic rings. The average molecular weight is 432 g/mol. The Morgan fingerprint density at radius 3 is 2.82 bits per heavy atom. The maximum Gasteiger partial charge on any atom is 0.259 e. The van der Waals surface area contributed by atoms with Crippen LogP contribution >= 0.6 is 12.4 Å². The van der Waals surface area contributed by atoms with Gasteiger partial charge in [-0.1, -0.05) is 6.07 Å². The van der Waals surface area contributed by atoms with Crippen molar-refractivity contribution >= 4 is 34.0 Å². The summed E-state index contributed by atoms with van der Waals surface area (Å²) < 4.78 is 42.8. The summed E-state index contributed by atoms with van der Waals surface area (Å²) in [5.41, 5.74) is 1.61. The highest BCUT2D eigenvalue weighted by Crippen LogP contribution is 2.24. The van der Waals surface area contributed by atoms with E-state index in [0.29, 0.717) is 30.9 Å². The molecule has 0 fully saturated rings. The van der Waals surface area contributed by atoms with Gasteiger partial charge in [-0.3, -0.25) is 4.79 Å². The summed E-state index contributed by atoms with van der Waals surface area (Å²) in [5, 5.41) is 5.57. The van der Waals surface area contributed by atoms with Crippen molar-refractivity contribution in [3.05, 3.63) is 41.1 Å². The third-order valence-electron chi connectivity index (χ3n) is 4.49. The second-order valence-corrected chi connectivity index (χ2v) is 8.14. The maximum absolute atomic E-state index is 14.5. The van der Waals surface area contributed by atoms with Crippen LogP contribution in [0.5, 0.6) is 0 Å². The molecule has 11 heteroatoms. The molecule has 2 heterocycles. The molecule has 0 saturated carbocycles. The van der Waals surface area contributed by atoms with Crippen molar-refractivity contribution in [2.75, 3.05) is 18.4 Å². The number of sulfonamides is 1. The molecule has 0 saturated heterocycles. The highest BCUT2D eigenvalue weighted by atomic mass is 35.5. The lowest BCUT2D eigenvalue weighted by molar-refractivity contribution is -0.116. The number of aryl methyl sites for hydroxylation is 2. The molecular formula is C17H23ClFN5O3S. The Kier molecular flexibility index (Phi) is 7.16. The van der Waals surface area contributed by atoms with Gasteiger partial charge in [0.05, 0.1) is 5.69 Å². The zero-order valence-corrected chi connectivity index (χ0v) is 17.2. The van der Waals surface area contributed by atoms with Crippen LogP contribution < -0.4 is 15.4 Å². The number of hydrogen-bond acceptors (Lipinski definition) is 5. The number of carbonyl (C=O) groups is 1. The number of hydrogen-bond donors (Lipinski definition) is 3. The fourth-order valence-electron chi connectivity index (χ4n) is 2.87. The normalized spacial score (nSPS) is 13.5. The fourth-order valence-corrected chi connectivity index (χ4v) is 3.94. The Morgan fingerprint density at radius 2 is 2.14 bits per heavy atom. The molecule has 1 amide bonds. The number of anilines is 1. The van der Waals surface area contributed by atoms with Gasteiger partial charge in [-0.05, 0) is 37.1 Å². The first-order valence-electron chi connectivity index (χ1n) is 8.58. The number of amides is 1. The second kappa shape index (κ2) is 8.99. The van der Waals surface area contributed by atoms with Crippen molar-refractivity contribution in [2.45, 2.75) is 31.3 Å². The molecule has 0 bridgehead atoms. The molecule has 3 rings (SSSR count). The minimum absolute atomic E-state index is 0. The van der Waals surface area contributed by atoms with E-state index in [9.17, 15) is 17.6 Å². The Bertz CT molecular complexity index is 958. The lowest BCUT2D eigenvalue weighted by atomic mass is 9.99. The Hall–Kier alpha value is -2.01. The van der Waals surface area contributed by atoms with Gasteiger partial charge >= 0.3 is 0 Å². The molecule has 1 aromatic carbocycles. The van der Waals surface area contributed by atoms with Crippen molar-refractivity contribution in [2.24, 2.45) is 7.05 Å². The Balaban J connectivity index is 0.00000280. The van der Waals surface area contributed by atoms with Crippen molar-refractivity contribution < 1.29 is 17.6 Å². The summed E-state index contributed by atoms with van der Waals surface area (Å²) >= 11 is 0. The topological polar surface area (TPSA) is 105 Å². The van der Waals surface area contributed by atoms with Crippen LogP contribution in [0.4, 0.5) is 10.1 Å². The van der Waals surface area contributed by atoms with E-state index < -0.39 is 21.7 Å². The molecule has 1 aliphatic heterocycles. The number of carbonyl (C=O) groups excluding carboxylic acids is 1. The molecule has 0 atom stereocenters. The van der Waals surface area contributed by atoms with Crippen LogP contribution in [0.25, 0.3) is 0 Å². The van der Waals surface area contributed by atoms with Crippen molar-refractivity contribution in [3.63, 3.8) is 0 Å². The van der Waals surface area contributed by atoms with Gasteiger partial charge < -0.3 is 15.2 Å². The zero-order valence-electron chi connectivity index (χ0n) is 15.6. The molecule has 8 nitrogen and oxygen atoms in total. The van der Waals surface area contributed by atoms with E-state index in [1.807, 2.05) is 0 Å². The monoisotopic (exact) mass is 431 g/mol. The number of fused-ring (bicyclic) bond motifs is 1. The van der Waals surface area contributed by atoms with Crippen LogP contribution in [-0.4, -0.2) is 37.0 Å². The van der Waals surface area contributed by atoms with Gasteiger partial charge in [0, 0.05) is 32.8 Å². The minimum atomic E-state index is -3.79. The number of imidazole rings is 1. The SMILES string of the molecule is Cc1nc(S(=O)(=O)NCCC(=O)Nc2ccc3c(c2F)CCNC3)cn1C.Cl. The smallest absolute Gasteiger partial charge is 0.259 e. The molecular weight excluding hydrogens is 409 g/mol. The Morgan fingerprint density at radius 1 is 1.39 bits per heavy atom. The largest absolute Gasteiger partial charge is 0.337 e. The summed E-state index contributed by atoms with van der Waals surface area (Å²) in [4.78, 5) is 16.0. The number of nitrogens with one attached hydrogen (secondary N) is 3. The van der Waals surface area contributed by atoms with Gasteiger partial charge in [-0.2, -0.15) is 0 Å². The van der Waals surface area contributed by atoms with E-state index in [2.05, 4.69) is 20.3 Å². The zero-order chi connectivity index (χ0) is 19.6. The van der Waals surface area contributed by atoms with Crippen LogP contribution in [0.1, 0.15) is 23.4 Å². The Labute approximate surface area is 169 Å². The van der Waals surface area contributed by atoms with Crippen molar-refractivity contribution in [1.29, 1.82) is 0 Å². The van der Waals surface area contributed by atoms with Crippen LogP contribution in [0, 0.1) is 12.7 Å². The van der Waals surface area contributed by atoms with Crippen LogP contribution in [0.2, 0.25) is 0 Å². The lowest BCUT2D eigenvalue weighted by Gasteiger charge is -2.19. The summed E-state index contributed by atoms with van der Waals surface area (Å²) in [5.74, 6) is -0.333. The third-order valence-corrected chi connectivity index (χ3v) is 5.82. The van der Waals surface area contributed by atoms with Crippen molar-refractivity contribution in [3.8, 4) is 0 Å². The predicted molar refractivity (Wildman–Crippen MR) is 105 cm³/mol. The standard InChI is InChI=1S/C17H22FN5O3S.ClH/c1-11-21-16(10-23(11)2)27(25,26)20-8-6-15(24)22-14-4-3-12-9-19-7-5-13(12)17(14)18;/h3-4,10,19-20H,5-9H2,1-2H3,(H,22,24);1H. The molecule has 2 aromatic rings. The summed E-state index contributed by atoms with van der Waals surface area (Å²) in [7, 11) is -2.10. The highest BCUT2D eigenvalue weighted by Gasteiger charge is 2.20. The first-order valence-corrected chi connectivity index (χ1v) is 10.1. The molecule has 0 unspecified atom stereocenters. The molecule has 0 radical (unpaired) electrons. The van der Waals surface area contributed by atoms with Crippen LogP contribution in [0.3, 0.4) is 0 Å². The van der Waals surface area contributed by atoms with E-state index in [1.165, 1.54) is 12.3 Å². The van der Waals surface area contributed by atoms with Gasteiger partial charge in [0.2, 0.25) is 5.91 Å². The van der Waals surface area contributed by atoms with Gasteiger partial charge in [0.1, 0.15) is 11.6 Å². The average Bonchev–Trinajstić information content (AvgIpc) is 2.97. The molecule has 154 valence electrons. The van der Waals surface area contributed by atoms with E-state index in [4.69, 9.17) is 0 Å². The molecule has 0 spiro atoms. The number of nitrogens with zero attached hydrogens (tertiary/aromatic N) is 2. The number of benzene rings is 1. The second-order valence-electron chi connectivity index (χ2n) is 6.42. The van der Waals surface area contributed by atoms with Gasteiger partial charge in [0.25, 0.3) is 10.0 Å². The van der Waals surface area contributed by atoms with Gasteiger partial charge in [-0.15, -0.1) is 12.4 Å². The summed E-state index contributed by atoms with van der Waals surface area (Å²) in [6, 6.07) is 3.31. The van der Waals surface area contributed by atoms with E-state index in [1.54, 1.807) is 24.6 Å². The summed E-state index contributed by atoms with van der Waals surface area (Å²) in [6.45, 7) is 2.88. The van der Waals surface area contributed by atoms with E-state index in [0.717, 1.165) is 5.56 Å². The van der Waals surface area contributed by atoms with E-state index in [-0.39, 0.29) is 36.1 Å².